The maximum absolute atomic E-state index is 11.5. The van der Waals surface area contributed by atoms with E-state index in [2.05, 4.69) is 5.32 Å². The number of hydrogen-bond acceptors (Lipinski definition) is 5. The molecule has 1 aliphatic heterocycles. The molecule has 23 heavy (non-hydrogen) atoms. The van der Waals surface area contributed by atoms with Crippen LogP contribution in [0.3, 0.4) is 0 Å². The fourth-order valence-corrected chi connectivity index (χ4v) is 1.92. The third-order valence-electron chi connectivity index (χ3n) is 2.89. The summed E-state index contributed by atoms with van der Waals surface area (Å²) in [4.78, 5) is 13.3. The van der Waals surface area contributed by atoms with Crippen LogP contribution in [0.5, 0.6) is 0 Å². The normalized spacial score (nSPS) is 16.1. The van der Waals surface area contributed by atoms with Gasteiger partial charge in [-0.1, -0.05) is 0 Å². The molecule has 0 aromatic rings. The SMILES string of the molecule is CC(C)(C)OC(=O)NCC1CCN(C(=N)N)CC1.O=S(=O)(O)O. The number of guanidine groups is 1. The van der Waals surface area contributed by atoms with Gasteiger partial charge in [-0.25, -0.2) is 4.79 Å². The Morgan fingerprint density at radius 3 is 2.13 bits per heavy atom. The number of hydrogen-bond donors (Lipinski definition) is 5. The maximum Gasteiger partial charge on any atom is 0.407 e. The lowest BCUT2D eigenvalue weighted by Crippen LogP contribution is -2.44. The summed E-state index contributed by atoms with van der Waals surface area (Å²) in [5, 5.41) is 10.1. The Labute approximate surface area is 136 Å². The van der Waals surface area contributed by atoms with E-state index in [4.69, 9.17) is 33.4 Å². The summed E-state index contributed by atoms with van der Waals surface area (Å²) in [7, 11) is -4.67. The summed E-state index contributed by atoms with van der Waals surface area (Å²) >= 11 is 0. The number of amides is 1. The first-order valence-corrected chi connectivity index (χ1v) is 8.43. The zero-order chi connectivity index (χ0) is 18.3. The molecule has 10 nitrogen and oxygen atoms in total. The van der Waals surface area contributed by atoms with Crippen molar-refractivity contribution >= 4 is 22.5 Å². The predicted octanol–water partition coefficient (Wildman–Crippen LogP) is 0.464. The van der Waals surface area contributed by atoms with E-state index < -0.39 is 16.0 Å². The quantitative estimate of drug-likeness (QED) is 0.271. The first-order valence-electron chi connectivity index (χ1n) is 7.03. The second-order valence-corrected chi connectivity index (χ2v) is 7.04. The fourth-order valence-electron chi connectivity index (χ4n) is 1.92. The molecule has 0 bridgehead atoms. The minimum atomic E-state index is -4.67. The van der Waals surface area contributed by atoms with E-state index in [-0.39, 0.29) is 12.1 Å². The Morgan fingerprint density at radius 2 is 1.78 bits per heavy atom. The zero-order valence-electron chi connectivity index (χ0n) is 13.6. The molecule has 1 fully saturated rings. The summed E-state index contributed by atoms with van der Waals surface area (Å²) in [6.07, 6.45) is 1.52. The third-order valence-corrected chi connectivity index (χ3v) is 2.89. The number of ether oxygens (including phenoxy) is 1. The van der Waals surface area contributed by atoms with Gasteiger partial charge in [-0.3, -0.25) is 14.5 Å². The van der Waals surface area contributed by atoms with E-state index in [1.165, 1.54) is 0 Å². The van der Waals surface area contributed by atoms with Gasteiger partial charge in [0, 0.05) is 19.6 Å². The summed E-state index contributed by atoms with van der Waals surface area (Å²) < 4.78 is 36.8. The standard InChI is InChI=1S/C12H24N4O2.H2O4S/c1-12(2,3)18-11(17)15-8-9-4-6-16(7-5-9)10(13)14;1-5(2,3)4/h9H,4-8H2,1-3H3,(H3,13,14)(H,15,17);(H2,1,2,3,4). The summed E-state index contributed by atoms with van der Waals surface area (Å²) in [5.74, 6) is 0.571. The molecule has 1 heterocycles. The van der Waals surface area contributed by atoms with Crippen LogP contribution in [0, 0.1) is 11.3 Å². The van der Waals surface area contributed by atoms with Crippen molar-refractivity contribution in [1.29, 1.82) is 5.41 Å². The topological polar surface area (TPSA) is 166 Å². The van der Waals surface area contributed by atoms with Gasteiger partial charge in [0.2, 0.25) is 0 Å². The lowest BCUT2D eigenvalue weighted by atomic mass is 9.97. The third kappa shape index (κ3) is 13.8. The van der Waals surface area contributed by atoms with Gasteiger partial charge >= 0.3 is 16.5 Å². The van der Waals surface area contributed by atoms with Gasteiger partial charge in [0.15, 0.2) is 5.96 Å². The molecule has 0 radical (unpaired) electrons. The molecule has 0 saturated carbocycles. The molecule has 136 valence electrons. The zero-order valence-corrected chi connectivity index (χ0v) is 14.4. The second-order valence-electron chi connectivity index (χ2n) is 6.15. The van der Waals surface area contributed by atoms with Crippen molar-refractivity contribution in [2.24, 2.45) is 11.7 Å². The predicted molar refractivity (Wildman–Crippen MR) is 84.6 cm³/mol. The van der Waals surface area contributed by atoms with Crippen LogP contribution in [-0.2, 0) is 15.1 Å². The highest BCUT2D eigenvalue weighted by molar-refractivity contribution is 7.79. The smallest absolute Gasteiger partial charge is 0.407 e. The van der Waals surface area contributed by atoms with Crippen molar-refractivity contribution in [2.75, 3.05) is 19.6 Å². The number of likely N-dealkylation sites (tertiary alicyclic amines) is 1. The average Bonchev–Trinajstić information content (AvgIpc) is 2.32. The minimum Gasteiger partial charge on any atom is -0.444 e. The fraction of sp³-hybridized carbons (Fsp3) is 0.833. The van der Waals surface area contributed by atoms with Gasteiger partial charge in [-0.05, 0) is 39.5 Å². The molecule has 0 aromatic heterocycles. The molecule has 1 aliphatic rings. The molecule has 0 aromatic carbocycles. The molecule has 0 unspecified atom stereocenters. The molecule has 1 rings (SSSR count). The van der Waals surface area contributed by atoms with Crippen molar-refractivity contribution in [2.45, 2.75) is 39.2 Å². The molecular weight excluding hydrogens is 328 g/mol. The minimum absolute atomic E-state index is 0.133. The van der Waals surface area contributed by atoms with Crippen LogP contribution in [0.4, 0.5) is 4.79 Å². The molecular formula is C12H26N4O6S. The van der Waals surface area contributed by atoms with Crippen molar-refractivity contribution in [1.82, 2.24) is 10.2 Å². The first kappa shape index (κ1) is 21.4. The molecule has 6 N–H and O–H groups in total. The average molecular weight is 354 g/mol. The van der Waals surface area contributed by atoms with Crippen molar-refractivity contribution in [3.63, 3.8) is 0 Å². The van der Waals surface area contributed by atoms with Gasteiger partial charge in [0.05, 0.1) is 0 Å². The highest BCUT2D eigenvalue weighted by Crippen LogP contribution is 2.16. The number of alkyl carbamates (subject to hydrolysis) is 1. The lowest BCUT2D eigenvalue weighted by Gasteiger charge is -2.32. The maximum atomic E-state index is 11.5. The molecule has 11 heteroatoms. The number of carbonyl (C=O) groups excluding carboxylic acids is 1. The number of nitrogens with two attached hydrogens (primary N) is 1. The molecule has 1 amide bonds. The van der Waals surface area contributed by atoms with Crippen molar-refractivity contribution in [3.05, 3.63) is 0 Å². The first-order chi connectivity index (χ1) is 10.3. The molecule has 0 aliphatic carbocycles. The molecule has 0 atom stereocenters. The number of carbonyl (C=O) groups is 1. The van der Waals surface area contributed by atoms with Crippen LogP contribution in [0.2, 0.25) is 0 Å². The van der Waals surface area contributed by atoms with Crippen LogP contribution in [0.25, 0.3) is 0 Å². The van der Waals surface area contributed by atoms with Crippen LogP contribution in [0.15, 0.2) is 0 Å². The molecule has 0 spiro atoms. The van der Waals surface area contributed by atoms with E-state index in [1.54, 1.807) is 0 Å². The summed E-state index contributed by atoms with van der Waals surface area (Å²) in [5.41, 5.74) is 4.97. The summed E-state index contributed by atoms with van der Waals surface area (Å²) in [6, 6.07) is 0. The Hall–Kier alpha value is -1.59. The largest absolute Gasteiger partial charge is 0.444 e. The van der Waals surface area contributed by atoms with E-state index in [0.29, 0.717) is 12.5 Å². The van der Waals surface area contributed by atoms with Gasteiger partial charge < -0.3 is 20.7 Å². The van der Waals surface area contributed by atoms with E-state index in [9.17, 15) is 4.79 Å². The van der Waals surface area contributed by atoms with E-state index in [0.717, 1.165) is 25.9 Å². The highest BCUT2D eigenvalue weighted by Gasteiger charge is 2.21. The van der Waals surface area contributed by atoms with Gasteiger partial charge in [0.1, 0.15) is 5.60 Å². The van der Waals surface area contributed by atoms with Gasteiger partial charge in [-0.15, -0.1) is 0 Å². The summed E-state index contributed by atoms with van der Waals surface area (Å²) in [6.45, 7) is 7.74. The van der Waals surface area contributed by atoms with Crippen molar-refractivity contribution < 1.29 is 27.1 Å². The van der Waals surface area contributed by atoms with Crippen LogP contribution in [0.1, 0.15) is 33.6 Å². The van der Waals surface area contributed by atoms with Crippen LogP contribution >= 0.6 is 0 Å². The lowest BCUT2D eigenvalue weighted by molar-refractivity contribution is 0.0513. The number of nitrogens with zero attached hydrogens (tertiary/aromatic N) is 1. The van der Waals surface area contributed by atoms with E-state index >= 15 is 0 Å². The number of nitrogens with one attached hydrogen (secondary N) is 2. The Morgan fingerprint density at radius 1 is 1.35 bits per heavy atom. The van der Waals surface area contributed by atoms with Crippen LogP contribution < -0.4 is 11.1 Å². The number of rotatable bonds is 2. The van der Waals surface area contributed by atoms with Crippen molar-refractivity contribution in [3.8, 4) is 0 Å². The highest BCUT2D eigenvalue weighted by atomic mass is 32.3. The number of piperidine rings is 1. The Bertz CT molecular complexity index is 486. The van der Waals surface area contributed by atoms with Gasteiger partial charge in [-0.2, -0.15) is 8.42 Å². The Balaban J connectivity index is 0.000000841. The monoisotopic (exact) mass is 354 g/mol. The molecule has 1 saturated heterocycles. The Kier molecular flexibility index (Phi) is 8.28. The van der Waals surface area contributed by atoms with E-state index in [1.807, 2.05) is 25.7 Å². The van der Waals surface area contributed by atoms with Gasteiger partial charge in [0.25, 0.3) is 0 Å². The van der Waals surface area contributed by atoms with Crippen LogP contribution in [-0.4, -0.2) is 59.7 Å². The second kappa shape index (κ2) is 8.89.